The maximum absolute atomic E-state index is 12.4. The van der Waals surface area contributed by atoms with Crippen molar-refractivity contribution in [1.29, 1.82) is 0 Å². The molecule has 0 aromatic carbocycles. The number of nitrogens with one attached hydrogen (secondary N) is 1. The Kier molecular flexibility index (Phi) is 66.9. The first-order chi connectivity index (χ1) is 38.5. The SMILES string of the molecule is CCCCCCCCCCCCCCCCCCCCC(=O)OCCCCCCCCCCCCCC/C=C\CCCCCCCCCCCCCCCCCCCC(=O)NC(CO)C(O)CCCCCCCCCCCC. The van der Waals surface area contributed by atoms with Crippen LogP contribution >= 0.6 is 0 Å². The lowest BCUT2D eigenvalue weighted by molar-refractivity contribution is -0.143. The lowest BCUT2D eigenvalue weighted by Gasteiger charge is -2.22. The van der Waals surface area contributed by atoms with Crippen molar-refractivity contribution in [2.45, 2.75) is 424 Å². The Hall–Kier alpha value is -1.40. The van der Waals surface area contributed by atoms with E-state index in [1.807, 2.05) is 0 Å². The third-order valence-corrected chi connectivity index (χ3v) is 17.1. The Morgan fingerprint density at radius 3 is 0.910 bits per heavy atom. The van der Waals surface area contributed by atoms with E-state index in [1.54, 1.807) is 0 Å². The zero-order chi connectivity index (χ0) is 56.4. The highest BCUT2D eigenvalue weighted by molar-refractivity contribution is 5.76. The van der Waals surface area contributed by atoms with Gasteiger partial charge in [-0.15, -0.1) is 0 Å². The molecule has 0 rings (SSSR count). The van der Waals surface area contributed by atoms with Crippen LogP contribution in [0.5, 0.6) is 0 Å². The quantitative estimate of drug-likeness (QED) is 0.0320. The minimum atomic E-state index is -0.659. The number of hydrogen-bond donors (Lipinski definition) is 3. The Labute approximate surface area is 489 Å². The molecule has 0 aliphatic carbocycles. The molecule has 2 unspecified atom stereocenters. The highest BCUT2D eigenvalue weighted by atomic mass is 16.5. The number of allylic oxidation sites excluding steroid dienone is 2. The second-order valence-electron chi connectivity index (χ2n) is 24.9. The van der Waals surface area contributed by atoms with E-state index in [-0.39, 0.29) is 18.5 Å². The third-order valence-electron chi connectivity index (χ3n) is 17.1. The normalized spacial score (nSPS) is 12.5. The van der Waals surface area contributed by atoms with Crippen molar-refractivity contribution in [1.82, 2.24) is 5.32 Å². The second-order valence-corrected chi connectivity index (χ2v) is 24.9. The minimum Gasteiger partial charge on any atom is -0.466 e. The average Bonchev–Trinajstić information content (AvgIpc) is 3.44. The summed E-state index contributed by atoms with van der Waals surface area (Å²) >= 11 is 0. The number of unbranched alkanes of at least 4 members (excludes halogenated alkanes) is 55. The van der Waals surface area contributed by atoms with Crippen LogP contribution < -0.4 is 5.32 Å². The van der Waals surface area contributed by atoms with Crippen LogP contribution in [-0.2, 0) is 14.3 Å². The topological polar surface area (TPSA) is 95.9 Å². The molecular weight excluding hydrogens is 959 g/mol. The second kappa shape index (κ2) is 68.1. The molecule has 0 fully saturated rings. The molecule has 0 saturated carbocycles. The van der Waals surface area contributed by atoms with Crippen molar-refractivity contribution < 1.29 is 24.5 Å². The van der Waals surface area contributed by atoms with E-state index in [0.717, 1.165) is 38.5 Å². The lowest BCUT2D eigenvalue weighted by atomic mass is 10.0. The number of amides is 1. The Balaban J connectivity index is 3.30. The van der Waals surface area contributed by atoms with Gasteiger partial charge in [0.25, 0.3) is 0 Å². The molecule has 0 bridgehead atoms. The smallest absolute Gasteiger partial charge is 0.305 e. The molecule has 6 heteroatoms. The van der Waals surface area contributed by atoms with Gasteiger partial charge in [-0.3, -0.25) is 9.59 Å². The van der Waals surface area contributed by atoms with Crippen LogP contribution in [-0.4, -0.2) is 47.4 Å². The summed E-state index contributed by atoms with van der Waals surface area (Å²) in [5.74, 6) is -0.00733. The van der Waals surface area contributed by atoms with Gasteiger partial charge in [0.05, 0.1) is 25.4 Å². The molecule has 0 radical (unpaired) electrons. The van der Waals surface area contributed by atoms with Gasteiger partial charge >= 0.3 is 5.97 Å². The summed E-state index contributed by atoms with van der Waals surface area (Å²) in [6.07, 6.45) is 84.3. The first-order valence-electron chi connectivity index (χ1n) is 35.9. The standard InChI is InChI=1S/C72H141NO5/c1-3-5-7-9-11-13-15-16-17-18-37-40-43-46-50-54-58-62-66-72(77)78-67-63-59-55-51-47-44-41-38-35-33-31-29-27-25-23-21-19-20-22-24-26-28-30-32-34-36-39-42-45-49-53-57-61-65-71(76)73-69(68-74)70(75)64-60-56-52-48-14-12-10-8-6-4-2/h23,25,69-70,74-75H,3-22,24,26-68H2,1-2H3,(H,73,76)/b25-23-. The number of ether oxygens (including phenoxy) is 1. The van der Waals surface area contributed by atoms with Crippen molar-refractivity contribution in [2.24, 2.45) is 0 Å². The number of carbonyl (C=O) groups is 2. The van der Waals surface area contributed by atoms with Gasteiger partial charge in [-0.2, -0.15) is 0 Å². The molecule has 2 atom stereocenters. The van der Waals surface area contributed by atoms with Gasteiger partial charge in [-0.1, -0.05) is 360 Å². The summed E-state index contributed by atoms with van der Waals surface area (Å²) in [4.78, 5) is 24.6. The highest BCUT2D eigenvalue weighted by Gasteiger charge is 2.20. The summed E-state index contributed by atoms with van der Waals surface area (Å²) in [6, 6.07) is -0.536. The maximum atomic E-state index is 12.4. The van der Waals surface area contributed by atoms with Gasteiger partial charge in [0.15, 0.2) is 0 Å². The molecule has 3 N–H and O–H groups in total. The van der Waals surface area contributed by atoms with E-state index in [1.165, 1.54) is 340 Å². The molecule has 6 nitrogen and oxygen atoms in total. The molecule has 0 spiro atoms. The number of aliphatic hydroxyl groups is 2. The van der Waals surface area contributed by atoms with Crippen LogP contribution in [0.4, 0.5) is 0 Å². The molecule has 0 aliphatic heterocycles. The zero-order valence-electron chi connectivity index (χ0n) is 53.2. The van der Waals surface area contributed by atoms with Crippen LogP contribution in [0.1, 0.15) is 412 Å². The monoisotopic (exact) mass is 1100 g/mol. The molecule has 0 saturated heterocycles. The van der Waals surface area contributed by atoms with Crippen molar-refractivity contribution in [3.63, 3.8) is 0 Å². The molecule has 78 heavy (non-hydrogen) atoms. The summed E-state index contributed by atoms with van der Waals surface area (Å²) in [7, 11) is 0. The largest absolute Gasteiger partial charge is 0.466 e. The maximum Gasteiger partial charge on any atom is 0.305 e. The fourth-order valence-corrected chi connectivity index (χ4v) is 11.6. The van der Waals surface area contributed by atoms with Gasteiger partial charge in [-0.25, -0.2) is 0 Å². The molecular formula is C72H141NO5. The fourth-order valence-electron chi connectivity index (χ4n) is 11.6. The number of rotatable bonds is 68. The van der Waals surface area contributed by atoms with Gasteiger partial charge in [0.2, 0.25) is 5.91 Å². The molecule has 0 aromatic heterocycles. The Morgan fingerprint density at radius 2 is 0.603 bits per heavy atom. The average molecular weight is 1100 g/mol. The van der Waals surface area contributed by atoms with Crippen LogP contribution in [0, 0.1) is 0 Å². The number of hydrogen-bond acceptors (Lipinski definition) is 5. The molecule has 0 aromatic rings. The van der Waals surface area contributed by atoms with Crippen LogP contribution in [0.25, 0.3) is 0 Å². The lowest BCUT2D eigenvalue weighted by Crippen LogP contribution is -2.45. The van der Waals surface area contributed by atoms with Crippen molar-refractivity contribution in [2.75, 3.05) is 13.2 Å². The van der Waals surface area contributed by atoms with E-state index < -0.39 is 12.1 Å². The van der Waals surface area contributed by atoms with Gasteiger partial charge in [-0.05, 0) is 51.4 Å². The summed E-state index contributed by atoms with van der Waals surface area (Å²) in [6.45, 7) is 4.98. The van der Waals surface area contributed by atoms with E-state index in [0.29, 0.717) is 25.9 Å². The molecule has 0 heterocycles. The van der Waals surface area contributed by atoms with E-state index >= 15 is 0 Å². The Bertz CT molecular complexity index is 1180. The summed E-state index contributed by atoms with van der Waals surface area (Å²) < 4.78 is 5.51. The number of esters is 1. The van der Waals surface area contributed by atoms with Crippen LogP contribution in [0.2, 0.25) is 0 Å². The van der Waals surface area contributed by atoms with Crippen LogP contribution in [0.15, 0.2) is 12.2 Å². The van der Waals surface area contributed by atoms with Crippen LogP contribution in [0.3, 0.4) is 0 Å². The number of carbonyl (C=O) groups excluding carboxylic acids is 2. The van der Waals surface area contributed by atoms with Gasteiger partial charge in [0.1, 0.15) is 0 Å². The first-order valence-corrected chi connectivity index (χ1v) is 35.9. The van der Waals surface area contributed by atoms with Crippen molar-refractivity contribution in [3.8, 4) is 0 Å². The highest BCUT2D eigenvalue weighted by Crippen LogP contribution is 2.19. The van der Waals surface area contributed by atoms with E-state index in [9.17, 15) is 19.8 Å². The van der Waals surface area contributed by atoms with Gasteiger partial charge in [0, 0.05) is 12.8 Å². The van der Waals surface area contributed by atoms with Crippen molar-refractivity contribution in [3.05, 3.63) is 12.2 Å². The minimum absolute atomic E-state index is 0.0240. The molecule has 1 amide bonds. The van der Waals surface area contributed by atoms with E-state index in [2.05, 4.69) is 31.3 Å². The predicted molar refractivity (Wildman–Crippen MR) is 343 cm³/mol. The number of aliphatic hydroxyl groups excluding tert-OH is 2. The fraction of sp³-hybridized carbons (Fsp3) is 0.944. The predicted octanol–water partition coefficient (Wildman–Crippen LogP) is 23.1. The molecule has 464 valence electrons. The van der Waals surface area contributed by atoms with Gasteiger partial charge < -0.3 is 20.3 Å². The first kappa shape index (κ1) is 76.6. The molecule has 0 aliphatic rings. The summed E-state index contributed by atoms with van der Waals surface area (Å²) in [5, 5.41) is 23.2. The summed E-state index contributed by atoms with van der Waals surface area (Å²) in [5.41, 5.74) is 0. The zero-order valence-corrected chi connectivity index (χ0v) is 53.2. The third kappa shape index (κ3) is 63.8. The van der Waals surface area contributed by atoms with Crippen molar-refractivity contribution >= 4 is 11.9 Å². The van der Waals surface area contributed by atoms with E-state index in [4.69, 9.17) is 4.74 Å². The Morgan fingerprint density at radius 1 is 0.346 bits per heavy atom.